The predicted octanol–water partition coefficient (Wildman–Crippen LogP) is 3.42. The smallest absolute Gasteiger partial charge is 0.217 e. The highest BCUT2D eigenvalue weighted by Crippen LogP contribution is 2.52. The fourth-order valence-electron chi connectivity index (χ4n) is 4.38. The van der Waals surface area contributed by atoms with Gasteiger partial charge < -0.3 is 11.2 Å². The van der Waals surface area contributed by atoms with E-state index in [0.717, 1.165) is 19.3 Å². The van der Waals surface area contributed by atoms with E-state index in [1.54, 1.807) is 0 Å². The molecular weight excluding hydrogens is 336 g/mol. The van der Waals surface area contributed by atoms with E-state index in [1.807, 2.05) is 12.4 Å². The Labute approximate surface area is 159 Å². The molecule has 0 bridgehead atoms. The lowest BCUT2D eigenvalue weighted by Gasteiger charge is -2.32. The van der Waals surface area contributed by atoms with Crippen LogP contribution in [0, 0.1) is 0 Å². The molecule has 4 N–H and O–H groups in total. The van der Waals surface area contributed by atoms with Gasteiger partial charge in [-0.05, 0) is 59.2 Å². The Kier molecular flexibility index (Phi) is 5.38. The van der Waals surface area contributed by atoms with Crippen LogP contribution in [0.4, 0.5) is 0 Å². The van der Waals surface area contributed by atoms with E-state index in [-0.39, 0.29) is 16.8 Å². The molecule has 0 saturated carbocycles. The number of nitrogens with zero attached hydrogens (tertiary/aromatic N) is 1. The molecule has 1 aromatic heterocycles. The number of hydrogen-bond acceptors (Lipinski definition) is 2. The third-order valence-corrected chi connectivity index (χ3v) is 5.46. The second-order valence-electron chi connectivity index (χ2n) is 7.03. The fourth-order valence-corrected chi connectivity index (χ4v) is 4.38. The first kappa shape index (κ1) is 18.8. The van der Waals surface area contributed by atoms with Crippen molar-refractivity contribution in [1.29, 1.82) is 0 Å². The minimum Gasteiger partial charge on any atom is -0.412 e. The molecule has 0 aliphatic heterocycles. The summed E-state index contributed by atoms with van der Waals surface area (Å²) in [7, 11) is 0. The number of pyridine rings is 1. The molecule has 0 radical (unpaired) electrons. The molecule has 0 spiro atoms. The van der Waals surface area contributed by atoms with Gasteiger partial charge in [0.05, 0.1) is 0 Å². The Morgan fingerprint density at radius 3 is 2.00 bits per heavy atom. The van der Waals surface area contributed by atoms with Gasteiger partial charge in [0, 0.05) is 24.2 Å². The second-order valence-corrected chi connectivity index (χ2v) is 7.03. The summed E-state index contributed by atoms with van der Waals surface area (Å²) in [5.41, 5.74) is 11.8. The zero-order valence-electron chi connectivity index (χ0n) is 15.2. The molecule has 0 unspecified atom stereocenters. The molecule has 4 rings (SSSR count). The van der Waals surface area contributed by atoms with Crippen LogP contribution in [0.3, 0.4) is 0 Å². The molecule has 4 heteroatoms. The number of aromatic nitrogens is 1. The molecule has 0 atom stereocenters. The summed E-state index contributed by atoms with van der Waals surface area (Å²) in [5, 5.41) is 0. The number of benzene rings is 2. The number of carbonyl (C=O) groups is 1. The number of fused-ring (bicyclic) bond motifs is 3. The summed E-state index contributed by atoms with van der Waals surface area (Å²) in [4.78, 5) is 15.5. The van der Waals surface area contributed by atoms with E-state index in [4.69, 9.17) is 5.73 Å². The SMILES string of the molecule is NC(=O)CCCC1(Cc2ccncc2)c2ccccc2-c2ccccc21.O. The van der Waals surface area contributed by atoms with Crippen molar-refractivity contribution in [3.05, 3.63) is 89.7 Å². The second kappa shape index (κ2) is 7.72. The first-order valence-corrected chi connectivity index (χ1v) is 9.07. The van der Waals surface area contributed by atoms with Crippen molar-refractivity contribution in [1.82, 2.24) is 4.98 Å². The molecule has 2 aromatic carbocycles. The van der Waals surface area contributed by atoms with Gasteiger partial charge in [-0.3, -0.25) is 9.78 Å². The standard InChI is InChI=1S/C23H22N2O.H2O/c24-22(26)10-5-13-23(16-17-11-14-25-15-12-17)20-8-3-1-6-18(20)19-7-2-4-9-21(19)23;/h1-4,6-9,11-12,14-15H,5,10,13,16H2,(H2,24,26);1H2. The monoisotopic (exact) mass is 360 g/mol. The Hall–Kier alpha value is -2.98. The number of primary amides is 1. The van der Waals surface area contributed by atoms with Crippen LogP contribution < -0.4 is 5.73 Å². The molecule has 0 fully saturated rings. The van der Waals surface area contributed by atoms with Crippen LogP contribution in [0.15, 0.2) is 73.1 Å². The number of hydrogen-bond donors (Lipinski definition) is 1. The molecule has 1 amide bonds. The number of rotatable bonds is 6. The highest BCUT2D eigenvalue weighted by molar-refractivity contribution is 5.81. The highest BCUT2D eigenvalue weighted by Gasteiger charge is 2.42. The van der Waals surface area contributed by atoms with E-state index < -0.39 is 0 Å². The average molecular weight is 360 g/mol. The van der Waals surface area contributed by atoms with Crippen LogP contribution in [-0.4, -0.2) is 16.4 Å². The third-order valence-electron chi connectivity index (χ3n) is 5.46. The van der Waals surface area contributed by atoms with Gasteiger partial charge in [-0.2, -0.15) is 0 Å². The van der Waals surface area contributed by atoms with Gasteiger partial charge in [-0.25, -0.2) is 0 Å². The van der Waals surface area contributed by atoms with Crippen molar-refractivity contribution in [2.45, 2.75) is 31.1 Å². The summed E-state index contributed by atoms with van der Waals surface area (Å²) < 4.78 is 0. The zero-order chi connectivity index (χ0) is 18.0. The summed E-state index contributed by atoms with van der Waals surface area (Å²) in [5.74, 6) is -0.233. The van der Waals surface area contributed by atoms with Gasteiger partial charge in [-0.1, -0.05) is 48.5 Å². The maximum Gasteiger partial charge on any atom is 0.217 e. The van der Waals surface area contributed by atoms with E-state index >= 15 is 0 Å². The average Bonchev–Trinajstić information content (AvgIpc) is 2.93. The summed E-state index contributed by atoms with van der Waals surface area (Å²) in [6, 6.07) is 21.5. The summed E-state index contributed by atoms with van der Waals surface area (Å²) in [6.07, 6.45) is 6.68. The highest BCUT2D eigenvalue weighted by atomic mass is 16.1. The first-order chi connectivity index (χ1) is 12.7. The van der Waals surface area contributed by atoms with E-state index in [2.05, 4.69) is 65.6 Å². The largest absolute Gasteiger partial charge is 0.412 e. The van der Waals surface area contributed by atoms with Crippen molar-refractivity contribution in [2.75, 3.05) is 0 Å². The van der Waals surface area contributed by atoms with Gasteiger partial charge in [0.25, 0.3) is 0 Å². The van der Waals surface area contributed by atoms with Gasteiger partial charge in [-0.15, -0.1) is 0 Å². The Balaban J connectivity index is 0.00000210. The molecule has 1 aliphatic rings. The zero-order valence-corrected chi connectivity index (χ0v) is 15.2. The number of amides is 1. The number of nitrogens with two attached hydrogens (primary N) is 1. The van der Waals surface area contributed by atoms with Crippen LogP contribution in [0.25, 0.3) is 11.1 Å². The van der Waals surface area contributed by atoms with Crippen molar-refractivity contribution >= 4 is 5.91 Å². The van der Waals surface area contributed by atoms with E-state index in [1.165, 1.54) is 27.8 Å². The quantitative estimate of drug-likeness (QED) is 0.730. The van der Waals surface area contributed by atoms with Crippen LogP contribution >= 0.6 is 0 Å². The molecular formula is C23H24N2O2. The van der Waals surface area contributed by atoms with Crippen LogP contribution in [0.5, 0.6) is 0 Å². The lowest BCUT2D eigenvalue weighted by atomic mass is 9.70. The summed E-state index contributed by atoms with van der Waals surface area (Å²) >= 11 is 0. The predicted molar refractivity (Wildman–Crippen MR) is 107 cm³/mol. The van der Waals surface area contributed by atoms with Gasteiger partial charge in [0.15, 0.2) is 0 Å². The Morgan fingerprint density at radius 1 is 0.889 bits per heavy atom. The van der Waals surface area contributed by atoms with Crippen molar-refractivity contribution in [3.63, 3.8) is 0 Å². The van der Waals surface area contributed by atoms with Crippen molar-refractivity contribution in [2.24, 2.45) is 5.73 Å². The van der Waals surface area contributed by atoms with Crippen LogP contribution in [-0.2, 0) is 16.6 Å². The van der Waals surface area contributed by atoms with Crippen molar-refractivity contribution < 1.29 is 10.3 Å². The lowest BCUT2D eigenvalue weighted by molar-refractivity contribution is -0.118. The molecule has 1 aliphatic carbocycles. The van der Waals surface area contributed by atoms with Crippen LogP contribution in [0.1, 0.15) is 36.0 Å². The molecule has 4 nitrogen and oxygen atoms in total. The number of carbonyl (C=O) groups excluding carboxylic acids is 1. The molecule has 3 aromatic rings. The van der Waals surface area contributed by atoms with E-state index in [0.29, 0.717) is 6.42 Å². The lowest BCUT2D eigenvalue weighted by Crippen LogP contribution is -2.29. The van der Waals surface area contributed by atoms with Gasteiger partial charge in [0.2, 0.25) is 5.91 Å². The molecule has 1 heterocycles. The maximum atomic E-state index is 11.3. The Bertz CT molecular complexity index is 892. The van der Waals surface area contributed by atoms with E-state index in [9.17, 15) is 4.79 Å². The minimum atomic E-state index is -0.233. The minimum absolute atomic E-state index is 0. The molecule has 27 heavy (non-hydrogen) atoms. The summed E-state index contributed by atoms with van der Waals surface area (Å²) in [6.45, 7) is 0. The first-order valence-electron chi connectivity index (χ1n) is 9.07. The van der Waals surface area contributed by atoms with Gasteiger partial charge >= 0.3 is 0 Å². The molecule has 138 valence electrons. The molecule has 0 saturated heterocycles. The van der Waals surface area contributed by atoms with Crippen molar-refractivity contribution in [3.8, 4) is 11.1 Å². The third kappa shape index (κ3) is 3.36. The van der Waals surface area contributed by atoms with Gasteiger partial charge in [0.1, 0.15) is 0 Å². The maximum absolute atomic E-state index is 11.3. The Morgan fingerprint density at radius 2 is 1.44 bits per heavy atom. The normalized spacial score (nSPS) is 13.3. The van der Waals surface area contributed by atoms with Crippen LogP contribution in [0.2, 0.25) is 0 Å². The fraction of sp³-hybridized carbons (Fsp3) is 0.217. The topological polar surface area (TPSA) is 87.5 Å².